The molecule has 0 saturated carbocycles. The van der Waals surface area contributed by atoms with Crippen LogP contribution in [0.4, 0.5) is 4.79 Å². The fourth-order valence-corrected chi connectivity index (χ4v) is 2.92. The summed E-state index contributed by atoms with van der Waals surface area (Å²) in [5.74, 6) is 0. The van der Waals surface area contributed by atoms with E-state index < -0.39 is 0 Å². The number of aromatic nitrogens is 2. The first-order valence-corrected chi connectivity index (χ1v) is 7.98. The summed E-state index contributed by atoms with van der Waals surface area (Å²) in [7, 11) is 1.92. The maximum Gasteiger partial charge on any atom is 0.315 e. The maximum absolute atomic E-state index is 12.1. The molecule has 124 valence electrons. The van der Waals surface area contributed by atoms with Gasteiger partial charge in [-0.2, -0.15) is 5.10 Å². The summed E-state index contributed by atoms with van der Waals surface area (Å²) in [4.78, 5) is 12.1. The molecule has 0 unspecified atom stereocenters. The lowest BCUT2D eigenvalue weighted by atomic mass is 10.1. The highest BCUT2D eigenvalue weighted by Gasteiger charge is 2.17. The third-order valence-corrected chi connectivity index (χ3v) is 4.13. The molecule has 0 aliphatic rings. The molecule has 1 heterocycles. The van der Waals surface area contributed by atoms with E-state index in [1.807, 2.05) is 38.6 Å². The Hall–Kier alpha value is -2.30. The van der Waals surface area contributed by atoms with E-state index in [0.717, 1.165) is 23.4 Å². The van der Waals surface area contributed by atoms with Crippen LogP contribution in [-0.4, -0.2) is 22.4 Å². The number of carbonyl (C=O) groups excluding carboxylic acids is 1. The van der Waals surface area contributed by atoms with Crippen molar-refractivity contribution >= 4 is 6.03 Å². The molecule has 5 heteroatoms. The Balaban J connectivity index is 1.85. The number of amides is 2. The Morgan fingerprint density at radius 1 is 1.30 bits per heavy atom. The maximum atomic E-state index is 12.1. The highest BCUT2D eigenvalue weighted by molar-refractivity contribution is 5.74. The van der Waals surface area contributed by atoms with Gasteiger partial charge in [-0.15, -0.1) is 0 Å². The minimum atomic E-state index is -0.146. The molecule has 2 amide bonds. The predicted octanol–water partition coefficient (Wildman–Crippen LogP) is 2.95. The monoisotopic (exact) mass is 314 g/mol. The number of carbonyl (C=O) groups is 1. The number of nitrogens with one attached hydrogen (secondary N) is 2. The van der Waals surface area contributed by atoms with Crippen LogP contribution in [0.25, 0.3) is 0 Å². The van der Waals surface area contributed by atoms with Crippen LogP contribution in [0.2, 0.25) is 0 Å². The number of urea groups is 1. The van der Waals surface area contributed by atoms with Gasteiger partial charge in [-0.1, -0.05) is 29.8 Å². The Bertz CT molecular complexity index is 690. The van der Waals surface area contributed by atoms with Crippen LogP contribution in [0.3, 0.4) is 0 Å². The zero-order valence-corrected chi connectivity index (χ0v) is 14.6. The molecule has 2 aromatic rings. The van der Waals surface area contributed by atoms with Gasteiger partial charge in [0.05, 0.1) is 11.7 Å². The molecule has 0 radical (unpaired) electrons. The molecule has 23 heavy (non-hydrogen) atoms. The number of hydrogen-bond acceptors (Lipinski definition) is 2. The number of nitrogens with zero attached hydrogens (tertiary/aromatic N) is 2. The van der Waals surface area contributed by atoms with Crippen molar-refractivity contribution in [3.8, 4) is 0 Å². The van der Waals surface area contributed by atoms with Gasteiger partial charge in [0.1, 0.15) is 0 Å². The van der Waals surface area contributed by atoms with Crippen molar-refractivity contribution in [1.82, 2.24) is 20.4 Å². The first-order chi connectivity index (χ1) is 10.9. The molecule has 1 atom stereocenters. The van der Waals surface area contributed by atoms with E-state index in [2.05, 4.69) is 40.9 Å². The van der Waals surface area contributed by atoms with E-state index >= 15 is 0 Å². The number of hydrogen-bond donors (Lipinski definition) is 2. The molecule has 0 fully saturated rings. The third-order valence-electron chi connectivity index (χ3n) is 4.13. The summed E-state index contributed by atoms with van der Waals surface area (Å²) in [6.07, 6.45) is 0.828. The first kappa shape index (κ1) is 17.1. The van der Waals surface area contributed by atoms with E-state index in [-0.39, 0.29) is 12.1 Å². The molecule has 5 nitrogen and oxygen atoms in total. The Labute approximate surface area is 138 Å². The third kappa shape index (κ3) is 4.34. The molecule has 1 aromatic carbocycles. The van der Waals surface area contributed by atoms with Crippen molar-refractivity contribution < 1.29 is 4.79 Å². The summed E-state index contributed by atoms with van der Waals surface area (Å²) < 4.78 is 1.85. The second-order valence-electron chi connectivity index (χ2n) is 6.07. The van der Waals surface area contributed by atoms with Crippen LogP contribution in [0, 0.1) is 20.8 Å². The van der Waals surface area contributed by atoms with Gasteiger partial charge < -0.3 is 10.6 Å². The van der Waals surface area contributed by atoms with Crippen molar-refractivity contribution in [3.05, 3.63) is 52.3 Å². The molecule has 0 aliphatic heterocycles. The Morgan fingerprint density at radius 2 is 2.04 bits per heavy atom. The molecule has 0 aliphatic carbocycles. The van der Waals surface area contributed by atoms with Gasteiger partial charge in [-0.3, -0.25) is 4.68 Å². The minimum Gasteiger partial charge on any atom is -0.338 e. The van der Waals surface area contributed by atoms with Crippen LogP contribution in [0.15, 0.2) is 24.3 Å². The summed E-state index contributed by atoms with van der Waals surface area (Å²) in [6.45, 7) is 8.66. The van der Waals surface area contributed by atoms with Crippen molar-refractivity contribution in [2.75, 3.05) is 6.54 Å². The van der Waals surface area contributed by atoms with Gasteiger partial charge in [-0.25, -0.2) is 4.79 Å². The largest absolute Gasteiger partial charge is 0.338 e. The van der Waals surface area contributed by atoms with Crippen molar-refractivity contribution in [3.63, 3.8) is 0 Å². The quantitative estimate of drug-likeness (QED) is 0.891. The second kappa shape index (κ2) is 7.31. The van der Waals surface area contributed by atoms with Gasteiger partial charge in [0.25, 0.3) is 0 Å². The Morgan fingerprint density at radius 3 is 2.65 bits per heavy atom. The average Bonchev–Trinajstić information content (AvgIpc) is 2.72. The van der Waals surface area contributed by atoms with Crippen LogP contribution in [-0.2, 0) is 13.5 Å². The topological polar surface area (TPSA) is 59.0 Å². The van der Waals surface area contributed by atoms with E-state index in [0.29, 0.717) is 6.54 Å². The van der Waals surface area contributed by atoms with Gasteiger partial charge in [0, 0.05) is 24.8 Å². The smallest absolute Gasteiger partial charge is 0.315 e. The van der Waals surface area contributed by atoms with E-state index in [4.69, 9.17) is 0 Å². The average molecular weight is 314 g/mol. The molecular weight excluding hydrogens is 288 g/mol. The highest BCUT2D eigenvalue weighted by atomic mass is 16.2. The highest BCUT2D eigenvalue weighted by Crippen LogP contribution is 2.20. The summed E-state index contributed by atoms with van der Waals surface area (Å²) in [5, 5.41) is 10.3. The lowest BCUT2D eigenvalue weighted by molar-refractivity contribution is 0.238. The summed E-state index contributed by atoms with van der Waals surface area (Å²) >= 11 is 0. The second-order valence-corrected chi connectivity index (χ2v) is 6.07. The van der Waals surface area contributed by atoms with Crippen molar-refractivity contribution in [1.29, 1.82) is 0 Å². The Kier molecular flexibility index (Phi) is 5.42. The fraction of sp³-hybridized carbons (Fsp3) is 0.444. The van der Waals surface area contributed by atoms with Crippen LogP contribution in [0.1, 0.15) is 41.0 Å². The van der Waals surface area contributed by atoms with Crippen LogP contribution < -0.4 is 10.6 Å². The van der Waals surface area contributed by atoms with Gasteiger partial charge >= 0.3 is 6.03 Å². The normalized spacial score (nSPS) is 12.0. The van der Waals surface area contributed by atoms with Gasteiger partial charge in [0.15, 0.2) is 0 Å². The number of aryl methyl sites for hydroxylation is 3. The number of rotatable bonds is 5. The minimum absolute atomic E-state index is 0.0670. The molecule has 0 bridgehead atoms. The molecule has 0 spiro atoms. The zero-order valence-electron chi connectivity index (χ0n) is 14.6. The SMILES string of the molecule is Cc1cccc(CCNC(=O)N[C@@H](C)c2c(C)nn(C)c2C)c1. The van der Waals surface area contributed by atoms with Crippen molar-refractivity contribution in [2.24, 2.45) is 7.05 Å². The molecular formula is C18H26N4O. The van der Waals surface area contributed by atoms with E-state index in [9.17, 15) is 4.79 Å². The fourth-order valence-electron chi connectivity index (χ4n) is 2.92. The summed E-state index contributed by atoms with van der Waals surface area (Å²) in [6, 6.07) is 8.13. The molecule has 0 saturated heterocycles. The lowest BCUT2D eigenvalue weighted by Gasteiger charge is -2.15. The standard InChI is InChI=1S/C18H26N4O/c1-12-7-6-8-16(11-12)9-10-19-18(23)20-13(2)17-14(3)21-22(5)15(17)4/h6-8,11,13H,9-10H2,1-5H3,(H2,19,20,23)/t13-/m0/s1. The van der Waals surface area contributed by atoms with Gasteiger partial charge in [-0.05, 0) is 39.7 Å². The lowest BCUT2D eigenvalue weighted by Crippen LogP contribution is -2.38. The molecule has 2 N–H and O–H groups in total. The number of benzene rings is 1. The first-order valence-electron chi connectivity index (χ1n) is 7.98. The van der Waals surface area contributed by atoms with Gasteiger partial charge in [0.2, 0.25) is 0 Å². The predicted molar refractivity (Wildman–Crippen MR) is 92.5 cm³/mol. The summed E-state index contributed by atoms with van der Waals surface area (Å²) in [5.41, 5.74) is 5.59. The zero-order chi connectivity index (χ0) is 17.0. The van der Waals surface area contributed by atoms with Crippen molar-refractivity contribution in [2.45, 2.75) is 40.2 Å². The van der Waals surface area contributed by atoms with E-state index in [1.165, 1.54) is 11.1 Å². The van der Waals surface area contributed by atoms with E-state index in [1.54, 1.807) is 0 Å². The molecule has 2 rings (SSSR count). The molecule has 1 aromatic heterocycles. The van der Waals surface area contributed by atoms with Crippen LogP contribution >= 0.6 is 0 Å². The van der Waals surface area contributed by atoms with Crippen LogP contribution in [0.5, 0.6) is 0 Å².